The number of rotatable bonds is 9. The van der Waals surface area contributed by atoms with E-state index in [1.165, 1.54) is 0 Å². The minimum absolute atomic E-state index is 0.180. The molecule has 0 saturated heterocycles. The van der Waals surface area contributed by atoms with Gasteiger partial charge in [0.15, 0.2) is 0 Å². The Balaban J connectivity index is 2.35. The van der Waals surface area contributed by atoms with Gasteiger partial charge in [0.25, 0.3) is 0 Å². The van der Waals surface area contributed by atoms with Crippen LogP contribution in [0.3, 0.4) is 0 Å². The molecule has 0 atom stereocenters. The largest absolute Gasteiger partial charge is 0.427 e. The number of esters is 1. The predicted octanol–water partition coefficient (Wildman–Crippen LogP) is 3.64. The third-order valence-corrected chi connectivity index (χ3v) is 4.61. The highest BCUT2D eigenvalue weighted by Crippen LogP contribution is 2.48. The molecule has 20 heavy (non-hydrogen) atoms. The Morgan fingerprint density at radius 1 is 1.10 bits per heavy atom. The predicted molar refractivity (Wildman–Crippen MR) is 77.0 cm³/mol. The molecule has 0 bridgehead atoms. The van der Waals surface area contributed by atoms with E-state index in [-0.39, 0.29) is 18.6 Å². The first-order valence-electron chi connectivity index (χ1n) is 6.73. The van der Waals surface area contributed by atoms with E-state index in [0.717, 1.165) is 0 Å². The molecule has 0 amide bonds. The summed E-state index contributed by atoms with van der Waals surface area (Å²) in [5.74, 6) is 0.158. The minimum atomic E-state index is -3.07. The summed E-state index contributed by atoms with van der Waals surface area (Å²) in [6, 6.07) is 8.85. The standard InChI is InChI=1S/C14H21O5P/c1-3-17-20(16,18-4-2)12-8-11-14(15)19-13-9-6-5-7-10-13/h5-7,9-10H,3-4,8,11-12H2,1-2H3. The molecule has 0 heterocycles. The number of para-hydroxylation sites is 1. The monoisotopic (exact) mass is 300 g/mol. The van der Waals surface area contributed by atoms with Gasteiger partial charge in [0.05, 0.1) is 19.4 Å². The third kappa shape index (κ3) is 6.33. The summed E-state index contributed by atoms with van der Waals surface area (Å²) in [5, 5.41) is 0. The van der Waals surface area contributed by atoms with Gasteiger partial charge in [-0.05, 0) is 32.4 Å². The number of carbonyl (C=O) groups is 1. The van der Waals surface area contributed by atoms with E-state index in [0.29, 0.717) is 25.4 Å². The molecular formula is C14H21O5P. The SMILES string of the molecule is CCOP(=O)(CCCC(=O)Oc1ccccc1)OCC. The highest BCUT2D eigenvalue weighted by Gasteiger charge is 2.23. The van der Waals surface area contributed by atoms with E-state index < -0.39 is 7.60 Å². The number of hydrogen-bond acceptors (Lipinski definition) is 5. The summed E-state index contributed by atoms with van der Waals surface area (Å²) >= 11 is 0. The van der Waals surface area contributed by atoms with Gasteiger partial charge >= 0.3 is 13.6 Å². The Labute approximate surface area is 119 Å². The number of benzene rings is 1. The molecule has 1 rings (SSSR count). The zero-order valence-electron chi connectivity index (χ0n) is 11.9. The average Bonchev–Trinajstić information content (AvgIpc) is 2.40. The molecular weight excluding hydrogens is 279 g/mol. The molecule has 5 nitrogen and oxygen atoms in total. The molecule has 0 unspecified atom stereocenters. The molecule has 1 aromatic rings. The summed E-state index contributed by atoms with van der Waals surface area (Å²) in [4.78, 5) is 11.6. The Hall–Kier alpha value is -1.16. The fourth-order valence-corrected chi connectivity index (χ4v) is 3.31. The van der Waals surface area contributed by atoms with Crippen molar-refractivity contribution in [3.8, 4) is 5.75 Å². The average molecular weight is 300 g/mol. The maximum absolute atomic E-state index is 12.2. The van der Waals surface area contributed by atoms with E-state index in [9.17, 15) is 9.36 Å². The van der Waals surface area contributed by atoms with Crippen molar-refractivity contribution in [1.82, 2.24) is 0 Å². The Morgan fingerprint density at radius 2 is 1.70 bits per heavy atom. The van der Waals surface area contributed by atoms with Crippen molar-refractivity contribution >= 4 is 13.6 Å². The maximum atomic E-state index is 12.2. The van der Waals surface area contributed by atoms with E-state index in [2.05, 4.69) is 0 Å². The van der Waals surface area contributed by atoms with Crippen LogP contribution in [0.15, 0.2) is 30.3 Å². The van der Waals surface area contributed by atoms with Gasteiger partial charge in [0.2, 0.25) is 0 Å². The van der Waals surface area contributed by atoms with E-state index >= 15 is 0 Å². The van der Waals surface area contributed by atoms with Crippen LogP contribution in [-0.2, 0) is 18.4 Å². The number of ether oxygens (including phenoxy) is 1. The number of carbonyl (C=O) groups excluding carboxylic acids is 1. The summed E-state index contributed by atoms with van der Waals surface area (Å²) < 4.78 is 27.6. The van der Waals surface area contributed by atoms with Crippen LogP contribution in [0.25, 0.3) is 0 Å². The van der Waals surface area contributed by atoms with Crippen molar-refractivity contribution in [3.63, 3.8) is 0 Å². The van der Waals surface area contributed by atoms with Crippen molar-refractivity contribution in [1.29, 1.82) is 0 Å². The van der Waals surface area contributed by atoms with Gasteiger partial charge in [0.1, 0.15) is 5.75 Å². The third-order valence-electron chi connectivity index (χ3n) is 2.44. The van der Waals surface area contributed by atoms with Crippen LogP contribution in [0.4, 0.5) is 0 Å². The van der Waals surface area contributed by atoms with E-state index in [4.69, 9.17) is 13.8 Å². The first kappa shape index (κ1) is 16.9. The summed E-state index contributed by atoms with van der Waals surface area (Å²) in [6.45, 7) is 4.17. The molecule has 0 aliphatic carbocycles. The zero-order valence-corrected chi connectivity index (χ0v) is 12.8. The van der Waals surface area contributed by atoms with Crippen LogP contribution >= 0.6 is 7.60 Å². The molecule has 1 aromatic carbocycles. The van der Waals surface area contributed by atoms with Crippen molar-refractivity contribution in [2.75, 3.05) is 19.4 Å². The van der Waals surface area contributed by atoms with Crippen LogP contribution in [0, 0.1) is 0 Å². The fourth-order valence-electron chi connectivity index (χ4n) is 1.65. The number of hydrogen-bond donors (Lipinski definition) is 0. The fraction of sp³-hybridized carbons (Fsp3) is 0.500. The summed E-state index contributed by atoms with van der Waals surface area (Å²) in [5.41, 5.74) is 0. The molecule has 0 aromatic heterocycles. The molecule has 0 aliphatic heterocycles. The molecule has 0 fully saturated rings. The van der Waals surface area contributed by atoms with Crippen LogP contribution in [0.1, 0.15) is 26.7 Å². The highest BCUT2D eigenvalue weighted by atomic mass is 31.2. The lowest BCUT2D eigenvalue weighted by Crippen LogP contribution is -2.09. The van der Waals surface area contributed by atoms with Crippen LogP contribution in [0.2, 0.25) is 0 Å². The quantitative estimate of drug-likeness (QED) is 0.396. The molecule has 0 spiro atoms. The van der Waals surface area contributed by atoms with Crippen molar-refractivity contribution < 1.29 is 23.1 Å². The molecule has 0 aliphatic rings. The zero-order chi connectivity index (χ0) is 14.8. The van der Waals surface area contributed by atoms with Gasteiger partial charge in [-0.15, -0.1) is 0 Å². The topological polar surface area (TPSA) is 61.8 Å². The van der Waals surface area contributed by atoms with Gasteiger partial charge in [-0.1, -0.05) is 18.2 Å². The lowest BCUT2D eigenvalue weighted by atomic mass is 10.3. The van der Waals surface area contributed by atoms with Gasteiger partial charge < -0.3 is 13.8 Å². The normalized spacial score (nSPS) is 11.3. The van der Waals surface area contributed by atoms with Gasteiger partial charge in [0, 0.05) is 6.42 Å². The smallest absolute Gasteiger partial charge is 0.330 e. The van der Waals surface area contributed by atoms with E-state index in [1.54, 1.807) is 38.1 Å². The van der Waals surface area contributed by atoms with Crippen LogP contribution in [0.5, 0.6) is 5.75 Å². The minimum Gasteiger partial charge on any atom is -0.427 e. The van der Waals surface area contributed by atoms with Gasteiger partial charge in [-0.3, -0.25) is 9.36 Å². The highest BCUT2D eigenvalue weighted by molar-refractivity contribution is 7.53. The lowest BCUT2D eigenvalue weighted by molar-refractivity contribution is -0.134. The van der Waals surface area contributed by atoms with E-state index in [1.807, 2.05) is 6.07 Å². The second-order valence-electron chi connectivity index (χ2n) is 4.06. The first-order valence-corrected chi connectivity index (χ1v) is 8.46. The van der Waals surface area contributed by atoms with Gasteiger partial charge in [-0.25, -0.2) is 0 Å². The first-order chi connectivity index (χ1) is 9.59. The molecule has 0 N–H and O–H groups in total. The van der Waals surface area contributed by atoms with Crippen molar-refractivity contribution in [2.24, 2.45) is 0 Å². The van der Waals surface area contributed by atoms with Crippen molar-refractivity contribution in [2.45, 2.75) is 26.7 Å². The Morgan fingerprint density at radius 3 is 2.25 bits per heavy atom. The second-order valence-corrected chi connectivity index (χ2v) is 6.25. The van der Waals surface area contributed by atoms with Crippen LogP contribution < -0.4 is 4.74 Å². The summed E-state index contributed by atoms with van der Waals surface area (Å²) in [6.07, 6.45) is 0.806. The maximum Gasteiger partial charge on any atom is 0.330 e. The molecule has 0 saturated carbocycles. The molecule has 6 heteroatoms. The van der Waals surface area contributed by atoms with Crippen LogP contribution in [-0.4, -0.2) is 25.3 Å². The van der Waals surface area contributed by atoms with Gasteiger partial charge in [-0.2, -0.15) is 0 Å². The Kier molecular flexibility index (Phi) is 7.52. The Bertz CT molecular complexity index is 436. The lowest BCUT2D eigenvalue weighted by Gasteiger charge is -2.16. The second kappa shape index (κ2) is 8.90. The summed E-state index contributed by atoms with van der Waals surface area (Å²) in [7, 11) is -3.07. The molecule has 112 valence electrons. The molecule has 0 radical (unpaired) electrons. The van der Waals surface area contributed by atoms with Crippen molar-refractivity contribution in [3.05, 3.63) is 30.3 Å².